The maximum atomic E-state index is 12.9. The molecule has 0 saturated carbocycles. The van der Waals surface area contributed by atoms with E-state index in [4.69, 9.17) is 4.74 Å². The average molecular weight is 359 g/mol. The lowest BCUT2D eigenvalue weighted by Gasteiger charge is -2.34. The zero-order valence-electron chi connectivity index (χ0n) is 15.0. The quantitative estimate of drug-likeness (QED) is 0.828. The van der Waals surface area contributed by atoms with Crippen LogP contribution in [0.15, 0.2) is 53.4 Å². The lowest BCUT2D eigenvalue weighted by atomic mass is 9.94. The van der Waals surface area contributed by atoms with Gasteiger partial charge in [-0.1, -0.05) is 38.1 Å². The minimum atomic E-state index is -3.42. The van der Waals surface area contributed by atoms with E-state index in [1.807, 2.05) is 36.4 Å². The Morgan fingerprint density at radius 2 is 1.36 bits per heavy atom. The standard InChI is InChI=1S/C20H25NO3S/c1-15-12-16(2)14-21(13-15)25(22,23)20-10-6-18(7-11-20)17-4-8-19(24-3)9-5-17/h4-11,15-16H,12-14H2,1-3H3/t15-,16+. The van der Waals surface area contributed by atoms with E-state index < -0.39 is 10.0 Å². The van der Waals surface area contributed by atoms with E-state index >= 15 is 0 Å². The number of piperidine rings is 1. The van der Waals surface area contributed by atoms with Crippen molar-refractivity contribution >= 4 is 10.0 Å². The predicted octanol–water partition coefficient (Wildman–Crippen LogP) is 4.03. The van der Waals surface area contributed by atoms with Gasteiger partial charge in [-0.15, -0.1) is 0 Å². The van der Waals surface area contributed by atoms with E-state index in [9.17, 15) is 8.42 Å². The summed E-state index contributed by atoms with van der Waals surface area (Å²) in [7, 11) is -1.79. The molecule has 0 unspecified atom stereocenters. The average Bonchev–Trinajstić information content (AvgIpc) is 2.61. The highest BCUT2D eigenvalue weighted by molar-refractivity contribution is 7.89. The van der Waals surface area contributed by atoms with Gasteiger partial charge in [0.15, 0.2) is 0 Å². The molecule has 4 nitrogen and oxygen atoms in total. The minimum absolute atomic E-state index is 0.367. The first-order chi connectivity index (χ1) is 11.9. The molecule has 1 saturated heterocycles. The lowest BCUT2D eigenvalue weighted by molar-refractivity contribution is 0.222. The number of ether oxygens (including phenoxy) is 1. The third-order valence-corrected chi connectivity index (χ3v) is 6.60. The van der Waals surface area contributed by atoms with Crippen LogP contribution in [0.1, 0.15) is 20.3 Å². The Hall–Kier alpha value is -1.85. The monoisotopic (exact) mass is 359 g/mol. The summed E-state index contributed by atoms with van der Waals surface area (Å²) in [6.45, 7) is 5.44. The Balaban J connectivity index is 1.83. The molecule has 1 heterocycles. The summed E-state index contributed by atoms with van der Waals surface area (Å²) in [4.78, 5) is 0.367. The summed E-state index contributed by atoms with van der Waals surface area (Å²) in [5.41, 5.74) is 2.02. The second-order valence-corrected chi connectivity index (χ2v) is 8.96. The van der Waals surface area contributed by atoms with E-state index in [1.54, 1.807) is 23.5 Å². The molecule has 2 atom stereocenters. The molecule has 0 bridgehead atoms. The number of hydrogen-bond acceptors (Lipinski definition) is 3. The molecular formula is C20H25NO3S. The van der Waals surface area contributed by atoms with Crippen molar-refractivity contribution in [1.29, 1.82) is 0 Å². The molecule has 5 heteroatoms. The molecule has 1 aliphatic rings. The normalized spacial score (nSPS) is 21.9. The van der Waals surface area contributed by atoms with Crippen molar-refractivity contribution < 1.29 is 13.2 Å². The molecule has 0 spiro atoms. The Labute approximate surface area is 150 Å². The molecule has 0 radical (unpaired) electrons. The van der Waals surface area contributed by atoms with Crippen LogP contribution in [0.2, 0.25) is 0 Å². The van der Waals surface area contributed by atoms with Gasteiger partial charge >= 0.3 is 0 Å². The number of methoxy groups -OCH3 is 1. The highest BCUT2D eigenvalue weighted by Gasteiger charge is 2.31. The first-order valence-electron chi connectivity index (χ1n) is 8.65. The Bertz CT molecular complexity index is 803. The summed E-state index contributed by atoms with van der Waals surface area (Å²) in [5, 5.41) is 0. The number of sulfonamides is 1. The van der Waals surface area contributed by atoms with Crippen molar-refractivity contribution in [1.82, 2.24) is 4.31 Å². The molecular weight excluding hydrogens is 334 g/mol. The molecule has 3 rings (SSSR count). The van der Waals surface area contributed by atoms with Gasteiger partial charge in [0.25, 0.3) is 0 Å². The largest absolute Gasteiger partial charge is 0.497 e. The lowest BCUT2D eigenvalue weighted by Crippen LogP contribution is -2.42. The number of rotatable bonds is 4. The van der Waals surface area contributed by atoms with Crippen molar-refractivity contribution in [3.8, 4) is 16.9 Å². The van der Waals surface area contributed by atoms with Crippen molar-refractivity contribution in [2.24, 2.45) is 11.8 Å². The van der Waals surface area contributed by atoms with Crippen LogP contribution in [-0.4, -0.2) is 32.9 Å². The van der Waals surface area contributed by atoms with Crippen LogP contribution in [0.3, 0.4) is 0 Å². The highest BCUT2D eigenvalue weighted by Crippen LogP contribution is 2.28. The summed E-state index contributed by atoms with van der Waals surface area (Å²) < 4.78 is 32.6. The van der Waals surface area contributed by atoms with Crippen LogP contribution < -0.4 is 4.74 Å². The molecule has 0 aliphatic carbocycles. The molecule has 0 N–H and O–H groups in total. The molecule has 134 valence electrons. The summed E-state index contributed by atoms with van der Waals surface area (Å²) in [6.07, 6.45) is 1.09. The van der Waals surface area contributed by atoms with Crippen molar-refractivity contribution in [2.75, 3.05) is 20.2 Å². The smallest absolute Gasteiger partial charge is 0.243 e. The molecule has 1 aliphatic heterocycles. The zero-order chi connectivity index (χ0) is 18.0. The highest BCUT2D eigenvalue weighted by atomic mass is 32.2. The number of benzene rings is 2. The maximum absolute atomic E-state index is 12.9. The molecule has 1 fully saturated rings. The van der Waals surface area contributed by atoms with Crippen LogP contribution in [0.25, 0.3) is 11.1 Å². The first-order valence-corrected chi connectivity index (χ1v) is 10.1. The van der Waals surface area contributed by atoms with Gasteiger partial charge in [0.1, 0.15) is 5.75 Å². The van der Waals surface area contributed by atoms with Crippen LogP contribution in [-0.2, 0) is 10.0 Å². The zero-order valence-corrected chi connectivity index (χ0v) is 15.8. The van der Waals surface area contributed by atoms with Crippen LogP contribution in [0.4, 0.5) is 0 Å². The SMILES string of the molecule is COc1ccc(-c2ccc(S(=O)(=O)N3C[C@H](C)C[C@H](C)C3)cc2)cc1. The first kappa shape index (κ1) is 18.0. The second kappa shape index (κ2) is 7.18. The molecule has 0 amide bonds. The van der Waals surface area contributed by atoms with E-state index in [2.05, 4.69) is 13.8 Å². The van der Waals surface area contributed by atoms with Gasteiger partial charge in [-0.3, -0.25) is 0 Å². The third kappa shape index (κ3) is 3.88. The Kier molecular flexibility index (Phi) is 5.16. The van der Waals surface area contributed by atoms with E-state index in [1.165, 1.54) is 0 Å². The van der Waals surface area contributed by atoms with Crippen LogP contribution in [0.5, 0.6) is 5.75 Å². The van der Waals surface area contributed by atoms with Gasteiger partial charge in [-0.25, -0.2) is 8.42 Å². The van der Waals surface area contributed by atoms with Gasteiger partial charge < -0.3 is 4.74 Å². The maximum Gasteiger partial charge on any atom is 0.243 e. The van der Waals surface area contributed by atoms with Crippen LogP contribution >= 0.6 is 0 Å². The fourth-order valence-electron chi connectivity index (χ4n) is 3.55. The van der Waals surface area contributed by atoms with Crippen molar-refractivity contribution in [2.45, 2.75) is 25.2 Å². The summed E-state index contributed by atoms with van der Waals surface area (Å²) in [6, 6.07) is 14.9. The minimum Gasteiger partial charge on any atom is -0.497 e. The Morgan fingerprint density at radius 3 is 1.84 bits per heavy atom. The van der Waals surface area contributed by atoms with Gasteiger partial charge in [-0.05, 0) is 53.6 Å². The van der Waals surface area contributed by atoms with E-state index in [0.29, 0.717) is 29.8 Å². The predicted molar refractivity (Wildman–Crippen MR) is 100 cm³/mol. The van der Waals surface area contributed by atoms with E-state index in [0.717, 1.165) is 23.3 Å². The van der Waals surface area contributed by atoms with Crippen molar-refractivity contribution in [3.05, 3.63) is 48.5 Å². The van der Waals surface area contributed by atoms with Gasteiger partial charge in [0.2, 0.25) is 10.0 Å². The fourth-order valence-corrected chi connectivity index (χ4v) is 5.23. The molecule has 2 aromatic rings. The number of hydrogen-bond donors (Lipinski definition) is 0. The second-order valence-electron chi connectivity index (χ2n) is 7.02. The van der Waals surface area contributed by atoms with E-state index in [-0.39, 0.29) is 0 Å². The van der Waals surface area contributed by atoms with Gasteiger partial charge in [0.05, 0.1) is 12.0 Å². The third-order valence-electron chi connectivity index (χ3n) is 4.75. The summed E-state index contributed by atoms with van der Waals surface area (Å²) >= 11 is 0. The topological polar surface area (TPSA) is 46.6 Å². The van der Waals surface area contributed by atoms with Crippen LogP contribution in [0, 0.1) is 11.8 Å². The summed E-state index contributed by atoms with van der Waals surface area (Å²) in [5.74, 6) is 1.60. The van der Waals surface area contributed by atoms with Gasteiger partial charge in [0, 0.05) is 13.1 Å². The van der Waals surface area contributed by atoms with Crippen molar-refractivity contribution in [3.63, 3.8) is 0 Å². The fraction of sp³-hybridized carbons (Fsp3) is 0.400. The Morgan fingerprint density at radius 1 is 0.880 bits per heavy atom. The molecule has 25 heavy (non-hydrogen) atoms. The molecule has 2 aromatic carbocycles. The van der Waals surface area contributed by atoms with Gasteiger partial charge in [-0.2, -0.15) is 4.31 Å². The molecule has 0 aromatic heterocycles. The number of nitrogens with zero attached hydrogens (tertiary/aromatic N) is 1.